The summed E-state index contributed by atoms with van der Waals surface area (Å²) in [5, 5.41) is 3.34. The van der Waals surface area contributed by atoms with Crippen LogP contribution in [0.4, 0.5) is 10.2 Å². The van der Waals surface area contributed by atoms with Crippen LogP contribution in [0.2, 0.25) is 0 Å². The third-order valence-electron chi connectivity index (χ3n) is 5.12. The number of imidazole rings is 1. The fourth-order valence-electron chi connectivity index (χ4n) is 3.68. The van der Waals surface area contributed by atoms with Gasteiger partial charge in [0.1, 0.15) is 17.3 Å². The van der Waals surface area contributed by atoms with Crippen molar-refractivity contribution >= 4 is 17.4 Å². The number of amides is 1. The Morgan fingerprint density at radius 1 is 1.18 bits per heavy atom. The van der Waals surface area contributed by atoms with E-state index >= 15 is 0 Å². The summed E-state index contributed by atoms with van der Waals surface area (Å²) in [5.74, 6) is 0.610. The van der Waals surface area contributed by atoms with Crippen molar-refractivity contribution in [2.24, 2.45) is 0 Å². The average molecular weight is 381 g/mol. The highest BCUT2D eigenvalue weighted by molar-refractivity contribution is 5.78. The minimum Gasteiger partial charge on any atom is -0.369 e. The summed E-state index contributed by atoms with van der Waals surface area (Å²) in [6, 6.07) is 6.36. The lowest BCUT2D eigenvalue weighted by Gasteiger charge is -2.20. The molecule has 0 unspecified atom stereocenters. The molecule has 1 N–H and O–H groups in total. The van der Waals surface area contributed by atoms with Crippen LogP contribution in [-0.2, 0) is 4.79 Å². The first kappa shape index (κ1) is 18.4. The predicted octanol–water partition coefficient (Wildman–Crippen LogP) is 3.74. The molecule has 3 heterocycles. The molecule has 2 aromatic heterocycles. The fraction of sp³-hybridized carbons (Fsp3) is 0.381. The van der Waals surface area contributed by atoms with Crippen LogP contribution in [0, 0.1) is 5.82 Å². The Kier molecular flexibility index (Phi) is 5.50. The van der Waals surface area contributed by atoms with Crippen molar-refractivity contribution in [1.82, 2.24) is 19.3 Å². The van der Waals surface area contributed by atoms with Crippen LogP contribution in [0.25, 0.3) is 16.9 Å². The molecule has 1 saturated heterocycles. The first-order chi connectivity index (χ1) is 13.7. The van der Waals surface area contributed by atoms with Gasteiger partial charge in [-0.2, -0.15) is 0 Å². The summed E-state index contributed by atoms with van der Waals surface area (Å²) in [6.45, 7) is 2.21. The number of rotatable bonds is 5. The second kappa shape index (κ2) is 8.37. The summed E-state index contributed by atoms with van der Waals surface area (Å²) < 4.78 is 15.6. The van der Waals surface area contributed by atoms with Crippen LogP contribution in [0.5, 0.6) is 0 Å². The normalized spacial score (nSPS) is 14.8. The molecule has 4 rings (SSSR count). The molecule has 3 aromatic rings. The number of nitrogens with zero attached hydrogens (tertiary/aromatic N) is 4. The Morgan fingerprint density at radius 3 is 2.79 bits per heavy atom. The van der Waals surface area contributed by atoms with E-state index in [4.69, 9.17) is 0 Å². The summed E-state index contributed by atoms with van der Waals surface area (Å²) >= 11 is 0. The number of benzene rings is 1. The standard InChI is InChI=1S/C21H24FN5O/c22-17-7-5-6-16(14-17)20-21(27-13-10-23-15-18(27)25-20)24-9-8-19(28)26-11-3-1-2-4-12-26/h5-7,10,13-15,24H,1-4,8-9,11-12H2. The van der Waals surface area contributed by atoms with Crippen LogP contribution in [0.15, 0.2) is 42.9 Å². The number of carbonyl (C=O) groups excluding carboxylic acids is 1. The number of carbonyl (C=O) groups is 1. The van der Waals surface area contributed by atoms with Gasteiger partial charge < -0.3 is 10.2 Å². The Bertz CT molecular complexity index is 962. The molecule has 0 bridgehead atoms. The highest BCUT2D eigenvalue weighted by Crippen LogP contribution is 2.29. The van der Waals surface area contributed by atoms with Crippen molar-refractivity contribution in [2.75, 3.05) is 25.0 Å². The molecular formula is C21H24FN5O. The topological polar surface area (TPSA) is 62.5 Å². The molecule has 1 fully saturated rings. The lowest BCUT2D eigenvalue weighted by molar-refractivity contribution is -0.130. The van der Waals surface area contributed by atoms with Gasteiger partial charge in [-0.1, -0.05) is 25.0 Å². The zero-order valence-electron chi connectivity index (χ0n) is 15.8. The molecule has 7 heteroatoms. The van der Waals surface area contributed by atoms with E-state index in [2.05, 4.69) is 15.3 Å². The first-order valence-electron chi connectivity index (χ1n) is 9.82. The number of aromatic nitrogens is 3. The van der Waals surface area contributed by atoms with Crippen LogP contribution in [0.3, 0.4) is 0 Å². The second-order valence-corrected chi connectivity index (χ2v) is 7.10. The molecule has 1 aromatic carbocycles. The summed E-state index contributed by atoms with van der Waals surface area (Å²) in [6.07, 6.45) is 10.1. The van der Waals surface area contributed by atoms with Gasteiger partial charge in [-0.15, -0.1) is 0 Å². The van der Waals surface area contributed by atoms with Gasteiger partial charge in [-0.25, -0.2) is 9.37 Å². The van der Waals surface area contributed by atoms with Gasteiger partial charge in [0, 0.05) is 44.0 Å². The lowest BCUT2D eigenvalue weighted by Crippen LogP contribution is -2.33. The molecule has 1 aliphatic heterocycles. The van der Waals surface area contributed by atoms with Gasteiger partial charge in [0.25, 0.3) is 0 Å². The molecule has 0 aliphatic carbocycles. The highest BCUT2D eigenvalue weighted by Gasteiger charge is 2.17. The largest absolute Gasteiger partial charge is 0.369 e. The Labute approximate surface area is 163 Å². The number of hydrogen-bond donors (Lipinski definition) is 1. The molecule has 0 saturated carbocycles. The maximum absolute atomic E-state index is 13.7. The Morgan fingerprint density at radius 2 is 2.00 bits per heavy atom. The van der Waals surface area contributed by atoms with Gasteiger partial charge in [-0.3, -0.25) is 14.2 Å². The van der Waals surface area contributed by atoms with E-state index in [0.29, 0.717) is 29.9 Å². The van der Waals surface area contributed by atoms with Crippen LogP contribution in [-0.4, -0.2) is 44.8 Å². The Hall–Kier alpha value is -2.96. The molecule has 1 amide bonds. The van der Waals surface area contributed by atoms with Crippen molar-refractivity contribution in [3.8, 4) is 11.3 Å². The van der Waals surface area contributed by atoms with E-state index in [1.807, 2.05) is 21.6 Å². The quantitative estimate of drug-likeness (QED) is 0.731. The zero-order valence-corrected chi connectivity index (χ0v) is 15.8. The minimum atomic E-state index is -0.310. The van der Waals surface area contributed by atoms with Gasteiger partial charge in [0.15, 0.2) is 5.65 Å². The SMILES string of the molecule is O=C(CCNc1c(-c2cccc(F)c2)nc2cnccn12)N1CCCCCC1. The summed E-state index contributed by atoms with van der Waals surface area (Å²) in [5.41, 5.74) is 2.00. The van der Waals surface area contributed by atoms with Gasteiger partial charge >= 0.3 is 0 Å². The molecule has 1 aliphatic rings. The van der Waals surface area contributed by atoms with Crippen LogP contribution in [0.1, 0.15) is 32.1 Å². The third kappa shape index (κ3) is 3.98. The molecule has 0 spiro atoms. The first-order valence-corrected chi connectivity index (χ1v) is 9.82. The monoisotopic (exact) mass is 381 g/mol. The van der Waals surface area contributed by atoms with E-state index in [1.165, 1.54) is 25.0 Å². The number of anilines is 1. The maximum atomic E-state index is 13.7. The van der Waals surface area contributed by atoms with E-state index in [1.54, 1.807) is 18.5 Å². The van der Waals surface area contributed by atoms with Crippen molar-refractivity contribution in [1.29, 1.82) is 0 Å². The zero-order chi connectivity index (χ0) is 19.3. The number of likely N-dealkylation sites (tertiary alicyclic amines) is 1. The van der Waals surface area contributed by atoms with Crippen molar-refractivity contribution in [3.05, 3.63) is 48.7 Å². The van der Waals surface area contributed by atoms with E-state index in [0.717, 1.165) is 31.7 Å². The molecule has 146 valence electrons. The number of nitrogens with one attached hydrogen (secondary N) is 1. The van der Waals surface area contributed by atoms with Gasteiger partial charge in [-0.05, 0) is 25.0 Å². The molecule has 28 heavy (non-hydrogen) atoms. The smallest absolute Gasteiger partial charge is 0.224 e. The molecule has 0 radical (unpaired) electrons. The van der Waals surface area contributed by atoms with E-state index in [9.17, 15) is 9.18 Å². The van der Waals surface area contributed by atoms with Crippen molar-refractivity contribution < 1.29 is 9.18 Å². The Balaban J connectivity index is 1.52. The highest BCUT2D eigenvalue weighted by atomic mass is 19.1. The average Bonchev–Trinajstić information content (AvgIpc) is 2.88. The lowest BCUT2D eigenvalue weighted by atomic mass is 10.1. The number of hydrogen-bond acceptors (Lipinski definition) is 4. The second-order valence-electron chi connectivity index (χ2n) is 7.10. The van der Waals surface area contributed by atoms with Crippen molar-refractivity contribution in [3.63, 3.8) is 0 Å². The molecule has 0 atom stereocenters. The van der Waals surface area contributed by atoms with Gasteiger partial charge in [0.2, 0.25) is 5.91 Å². The van der Waals surface area contributed by atoms with Crippen molar-refractivity contribution in [2.45, 2.75) is 32.1 Å². The predicted molar refractivity (Wildman–Crippen MR) is 107 cm³/mol. The minimum absolute atomic E-state index is 0.178. The van der Waals surface area contributed by atoms with Crippen LogP contribution < -0.4 is 5.32 Å². The van der Waals surface area contributed by atoms with Crippen LogP contribution >= 0.6 is 0 Å². The molecule has 6 nitrogen and oxygen atoms in total. The fourth-order valence-corrected chi connectivity index (χ4v) is 3.68. The van der Waals surface area contributed by atoms with Gasteiger partial charge in [0.05, 0.1) is 6.20 Å². The molecular weight excluding hydrogens is 357 g/mol. The number of fused-ring (bicyclic) bond motifs is 1. The third-order valence-corrected chi connectivity index (χ3v) is 5.12. The maximum Gasteiger partial charge on any atom is 0.224 e. The van der Waals surface area contributed by atoms with E-state index < -0.39 is 0 Å². The number of halogens is 1. The summed E-state index contributed by atoms with van der Waals surface area (Å²) in [4.78, 5) is 23.2. The van der Waals surface area contributed by atoms with E-state index in [-0.39, 0.29) is 11.7 Å². The summed E-state index contributed by atoms with van der Waals surface area (Å²) in [7, 11) is 0.